The summed E-state index contributed by atoms with van der Waals surface area (Å²) in [6, 6.07) is 1.93. The minimum Gasteiger partial charge on any atom is -0.396 e. The first-order valence-corrected chi connectivity index (χ1v) is 6.87. The zero-order chi connectivity index (χ0) is 14.1. The first-order valence-electron chi connectivity index (χ1n) is 6.87. The number of hydrogen-bond acceptors (Lipinski definition) is 5. The topological polar surface area (TPSA) is 67.3 Å². The van der Waals surface area contributed by atoms with Gasteiger partial charge in [-0.05, 0) is 25.7 Å². The zero-order valence-corrected chi connectivity index (χ0v) is 12.1. The Morgan fingerprint density at radius 2 is 2.16 bits per heavy atom. The number of aliphatic hydroxyl groups is 1. The van der Waals surface area contributed by atoms with Gasteiger partial charge in [0.25, 0.3) is 0 Å². The molecule has 5 heteroatoms. The lowest BCUT2D eigenvalue weighted by atomic mass is 10.0. The van der Waals surface area contributed by atoms with E-state index in [9.17, 15) is 0 Å². The highest BCUT2D eigenvalue weighted by molar-refractivity contribution is 5.35. The molecular weight excluding hydrogens is 242 g/mol. The molecule has 2 N–H and O–H groups in total. The maximum absolute atomic E-state index is 9.05. The number of aliphatic hydroxyl groups excluding tert-OH is 1. The molecule has 0 fully saturated rings. The second-order valence-corrected chi connectivity index (χ2v) is 4.79. The van der Waals surface area contributed by atoms with Crippen molar-refractivity contribution < 1.29 is 9.84 Å². The van der Waals surface area contributed by atoms with Crippen LogP contribution in [0.1, 0.15) is 37.7 Å². The molecule has 1 rings (SSSR count). The number of hydrogen-bond donors (Lipinski definition) is 2. The van der Waals surface area contributed by atoms with Gasteiger partial charge in [-0.2, -0.15) is 0 Å². The second kappa shape index (κ2) is 8.82. The quantitative estimate of drug-likeness (QED) is 0.717. The third-order valence-electron chi connectivity index (χ3n) is 2.98. The normalized spacial score (nSPS) is 12.4. The molecule has 0 radical (unpaired) electrons. The highest BCUT2D eigenvalue weighted by atomic mass is 16.5. The van der Waals surface area contributed by atoms with Crippen molar-refractivity contribution in [2.24, 2.45) is 5.92 Å². The number of ether oxygens (including phenoxy) is 1. The van der Waals surface area contributed by atoms with E-state index < -0.39 is 0 Å². The van der Waals surface area contributed by atoms with E-state index in [4.69, 9.17) is 9.84 Å². The van der Waals surface area contributed by atoms with E-state index in [1.165, 1.54) is 0 Å². The molecule has 0 aromatic carbocycles. The SMILES string of the molecule is CCCC(CCO)CNc1cc(C)nc(COC)n1. The lowest BCUT2D eigenvalue weighted by molar-refractivity contribution is 0.177. The van der Waals surface area contributed by atoms with Crippen LogP contribution in [0.25, 0.3) is 0 Å². The predicted octanol–water partition coefficient (Wildman–Crippen LogP) is 2.14. The van der Waals surface area contributed by atoms with Crippen LogP contribution in [-0.4, -0.2) is 35.3 Å². The number of nitrogens with one attached hydrogen (secondary N) is 1. The largest absolute Gasteiger partial charge is 0.396 e. The molecule has 1 aromatic rings. The van der Waals surface area contributed by atoms with E-state index in [0.29, 0.717) is 18.3 Å². The zero-order valence-electron chi connectivity index (χ0n) is 12.1. The maximum atomic E-state index is 9.05. The van der Waals surface area contributed by atoms with Crippen molar-refractivity contribution in [3.05, 3.63) is 17.6 Å². The Labute approximate surface area is 115 Å². The predicted molar refractivity (Wildman–Crippen MR) is 76.1 cm³/mol. The van der Waals surface area contributed by atoms with Crippen LogP contribution in [0.3, 0.4) is 0 Å². The van der Waals surface area contributed by atoms with Crippen molar-refractivity contribution in [1.82, 2.24) is 9.97 Å². The van der Waals surface area contributed by atoms with Gasteiger partial charge in [-0.1, -0.05) is 13.3 Å². The standard InChI is InChI=1S/C14H25N3O2/c1-4-5-12(6-7-18)9-15-13-8-11(2)16-14(17-13)10-19-3/h8,12,18H,4-7,9-10H2,1-3H3,(H,15,16,17). The number of aryl methyl sites for hydroxylation is 1. The molecule has 0 aliphatic rings. The van der Waals surface area contributed by atoms with Gasteiger partial charge in [-0.3, -0.25) is 0 Å². The number of rotatable bonds is 9. The van der Waals surface area contributed by atoms with E-state index in [-0.39, 0.29) is 6.61 Å². The summed E-state index contributed by atoms with van der Waals surface area (Å²) < 4.78 is 5.05. The van der Waals surface area contributed by atoms with Crippen molar-refractivity contribution in [2.45, 2.75) is 39.7 Å². The van der Waals surface area contributed by atoms with Gasteiger partial charge in [0, 0.05) is 32.0 Å². The summed E-state index contributed by atoms with van der Waals surface area (Å²) in [4.78, 5) is 8.71. The highest BCUT2D eigenvalue weighted by Gasteiger charge is 2.08. The van der Waals surface area contributed by atoms with Crippen LogP contribution in [-0.2, 0) is 11.3 Å². The second-order valence-electron chi connectivity index (χ2n) is 4.79. The number of anilines is 1. The summed E-state index contributed by atoms with van der Waals surface area (Å²) in [6.07, 6.45) is 3.07. The molecular formula is C14H25N3O2. The molecule has 108 valence electrons. The average Bonchev–Trinajstić information content (AvgIpc) is 2.36. The van der Waals surface area contributed by atoms with Crippen LogP contribution in [0, 0.1) is 12.8 Å². The van der Waals surface area contributed by atoms with Crippen LogP contribution < -0.4 is 5.32 Å². The third kappa shape index (κ3) is 5.98. The van der Waals surface area contributed by atoms with E-state index in [1.807, 2.05) is 13.0 Å². The van der Waals surface area contributed by atoms with Crippen LogP contribution >= 0.6 is 0 Å². The van der Waals surface area contributed by atoms with Gasteiger partial charge >= 0.3 is 0 Å². The number of nitrogens with zero attached hydrogens (tertiary/aromatic N) is 2. The third-order valence-corrected chi connectivity index (χ3v) is 2.98. The minimum absolute atomic E-state index is 0.240. The summed E-state index contributed by atoms with van der Waals surface area (Å²) in [5.74, 6) is 2.01. The molecule has 1 atom stereocenters. The van der Waals surface area contributed by atoms with Gasteiger partial charge in [0.1, 0.15) is 12.4 Å². The van der Waals surface area contributed by atoms with Crippen LogP contribution in [0.5, 0.6) is 0 Å². The summed E-state index contributed by atoms with van der Waals surface area (Å²) >= 11 is 0. The molecule has 0 aliphatic carbocycles. The lowest BCUT2D eigenvalue weighted by Crippen LogP contribution is -2.17. The molecule has 0 saturated carbocycles. The molecule has 0 aliphatic heterocycles. The fraction of sp³-hybridized carbons (Fsp3) is 0.714. The summed E-state index contributed by atoms with van der Waals surface area (Å²) in [7, 11) is 1.64. The van der Waals surface area contributed by atoms with E-state index >= 15 is 0 Å². The monoisotopic (exact) mass is 267 g/mol. The van der Waals surface area contributed by atoms with E-state index in [1.54, 1.807) is 7.11 Å². The molecule has 0 bridgehead atoms. The van der Waals surface area contributed by atoms with Crippen molar-refractivity contribution in [2.75, 3.05) is 25.6 Å². The summed E-state index contributed by atoms with van der Waals surface area (Å²) in [5.41, 5.74) is 0.929. The highest BCUT2D eigenvalue weighted by Crippen LogP contribution is 2.13. The van der Waals surface area contributed by atoms with Gasteiger partial charge in [0.15, 0.2) is 5.82 Å². The van der Waals surface area contributed by atoms with Crippen molar-refractivity contribution in [3.8, 4) is 0 Å². The number of aromatic nitrogens is 2. The van der Waals surface area contributed by atoms with E-state index in [2.05, 4.69) is 22.2 Å². The Morgan fingerprint density at radius 1 is 1.37 bits per heavy atom. The maximum Gasteiger partial charge on any atom is 0.156 e. The Bertz CT molecular complexity index is 366. The Morgan fingerprint density at radius 3 is 2.79 bits per heavy atom. The molecule has 19 heavy (non-hydrogen) atoms. The fourth-order valence-corrected chi connectivity index (χ4v) is 2.10. The van der Waals surface area contributed by atoms with Gasteiger partial charge in [-0.25, -0.2) is 9.97 Å². The average molecular weight is 267 g/mol. The Balaban J connectivity index is 2.59. The first-order chi connectivity index (χ1) is 9.19. The minimum atomic E-state index is 0.240. The Hall–Kier alpha value is -1.20. The van der Waals surface area contributed by atoms with Crippen LogP contribution in [0.15, 0.2) is 6.07 Å². The summed E-state index contributed by atoms with van der Waals surface area (Å²) in [5, 5.41) is 12.4. The molecule has 1 aromatic heterocycles. The fourth-order valence-electron chi connectivity index (χ4n) is 2.10. The molecule has 1 heterocycles. The van der Waals surface area contributed by atoms with Gasteiger partial charge < -0.3 is 15.2 Å². The first kappa shape index (κ1) is 15.9. The van der Waals surface area contributed by atoms with Crippen LogP contribution in [0.4, 0.5) is 5.82 Å². The van der Waals surface area contributed by atoms with Gasteiger partial charge in [0.2, 0.25) is 0 Å². The van der Waals surface area contributed by atoms with Crippen molar-refractivity contribution >= 4 is 5.82 Å². The molecule has 0 saturated heterocycles. The smallest absolute Gasteiger partial charge is 0.156 e. The van der Waals surface area contributed by atoms with Crippen molar-refractivity contribution in [3.63, 3.8) is 0 Å². The summed E-state index contributed by atoms with van der Waals surface area (Å²) in [6.45, 7) is 5.60. The van der Waals surface area contributed by atoms with E-state index in [0.717, 1.165) is 37.3 Å². The Kier molecular flexibility index (Phi) is 7.36. The van der Waals surface area contributed by atoms with Gasteiger partial charge in [-0.15, -0.1) is 0 Å². The molecule has 1 unspecified atom stereocenters. The molecule has 0 spiro atoms. The lowest BCUT2D eigenvalue weighted by Gasteiger charge is -2.16. The van der Waals surface area contributed by atoms with Crippen molar-refractivity contribution in [1.29, 1.82) is 0 Å². The molecule has 5 nitrogen and oxygen atoms in total. The number of methoxy groups -OCH3 is 1. The van der Waals surface area contributed by atoms with Crippen LogP contribution in [0.2, 0.25) is 0 Å². The molecule has 0 amide bonds. The van der Waals surface area contributed by atoms with Gasteiger partial charge in [0.05, 0.1) is 0 Å².